The Kier molecular flexibility index (Phi) is 6.22. The average molecular weight is 377 g/mol. The fourth-order valence-corrected chi connectivity index (χ4v) is 2.81. The highest BCUT2D eigenvalue weighted by Crippen LogP contribution is 2.13. The largest absolute Gasteiger partial charge is 0.452 e. The number of nitrogens with one attached hydrogen (secondary N) is 1. The first kappa shape index (κ1) is 19.4. The second-order valence-electron chi connectivity index (χ2n) is 6.62. The van der Waals surface area contributed by atoms with Crippen LogP contribution in [-0.2, 0) is 9.53 Å². The molecule has 0 fully saturated rings. The molecule has 0 radical (unpaired) electrons. The van der Waals surface area contributed by atoms with Crippen LogP contribution >= 0.6 is 0 Å². The van der Waals surface area contributed by atoms with Crippen LogP contribution in [0.5, 0.6) is 0 Å². The van der Waals surface area contributed by atoms with Gasteiger partial charge in [0.1, 0.15) is 0 Å². The number of benzene rings is 2. The number of ether oxygens (including phenoxy) is 1. The number of nitrogens with zero attached hydrogens (tertiary/aromatic N) is 2. The van der Waals surface area contributed by atoms with E-state index in [1.165, 1.54) is 0 Å². The van der Waals surface area contributed by atoms with Crippen LogP contribution < -0.4 is 5.32 Å². The van der Waals surface area contributed by atoms with Gasteiger partial charge in [0.15, 0.2) is 6.61 Å². The summed E-state index contributed by atoms with van der Waals surface area (Å²) in [5, 5.41) is 7.02. The van der Waals surface area contributed by atoms with Crippen LogP contribution in [0.4, 0.5) is 0 Å². The second kappa shape index (κ2) is 8.99. The molecule has 1 aromatic heterocycles. The molecule has 0 bridgehead atoms. The third-order valence-electron chi connectivity index (χ3n) is 4.49. The van der Waals surface area contributed by atoms with Crippen LogP contribution in [0.3, 0.4) is 0 Å². The normalized spacial score (nSPS) is 11.6. The molecule has 3 aromatic rings. The molecule has 1 amide bonds. The van der Waals surface area contributed by atoms with E-state index < -0.39 is 5.97 Å². The van der Waals surface area contributed by atoms with Gasteiger partial charge in [0, 0.05) is 18.4 Å². The third-order valence-corrected chi connectivity index (χ3v) is 4.49. The zero-order valence-electron chi connectivity index (χ0n) is 16.0. The van der Waals surface area contributed by atoms with Crippen LogP contribution in [0.15, 0.2) is 66.9 Å². The minimum Gasteiger partial charge on any atom is -0.452 e. The van der Waals surface area contributed by atoms with Crippen LogP contribution in [0.1, 0.15) is 34.5 Å². The van der Waals surface area contributed by atoms with E-state index in [0.29, 0.717) is 12.1 Å². The van der Waals surface area contributed by atoms with Crippen molar-refractivity contribution in [3.63, 3.8) is 0 Å². The Bertz CT molecular complexity index is 933. The summed E-state index contributed by atoms with van der Waals surface area (Å²) in [4.78, 5) is 24.1. The van der Waals surface area contributed by atoms with Gasteiger partial charge in [-0.05, 0) is 48.7 Å². The zero-order chi connectivity index (χ0) is 19.9. The van der Waals surface area contributed by atoms with Crippen molar-refractivity contribution in [3.05, 3.63) is 83.7 Å². The third kappa shape index (κ3) is 4.85. The Balaban J connectivity index is 1.47. The number of amides is 1. The van der Waals surface area contributed by atoms with Crippen molar-refractivity contribution in [2.75, 3.05) is 13.2 Å². The van der Waals surface area contributed by atoms with Crippen LogP contribution in [0.2, 0.25) is 0 Å². The highest BCUT2D eigenvalue weighted by molar-refractivity contribution is 5.91. The van der Waals surface area contributed by atoms with E-state index in [9.17, 15) is 9.59 Å². The molecule has 6 nitrogen and oxygen atoms in total. The topological polar surface area (TPSA) is 73.2 Å². The second-order valence-corrected chi connectivity index (χ2v) is 6.62. The van der Waals surface area contributed by atoms with Crippen molar-refractivity contribution < 1.29 is 14.3 Å². The number of hydrogen-bond acceptors (Lipinski definition) is 4. The Morgan fingerprint density at radius 2 is 1.79 bits per heavy atom. The van der Waals surface area contributed by atoms with E-state index >= 15 is 0 Å². The maximum Gasteiger partial charge on any atom is 0.338 e. The van der Waals surface area contributed by atoms with E-state index in [2.05, 4.69) is 10.4 Å². The van der Waals surface area contributed by atoms with Gasteiger partial charge >= 0.3 is 5.97 Å². The SMILES string of the molecule is Cc1ccnn1-c1ccc(C(=O)OCC(=O)NC[C@@H](C)c2ccccc2)cc1. The van der Waals surface area contributed by atoms with Crippen molar-refractivity contribution in [1.29, 1.82) is 0 Å². The first-order valence-electron chi connectivity index (χ1n) is 9.14. The van der Waals surface area contributed by atoms with E-state index in [1.54, 1.807) is 35.1 Å². The van der Waals surface area contributed by atoms with Gasteiger partial charge in [-0.1, -0.05) is 37.3 Å². The van der Waals surface area contributed by atoms with Crippen LogP contribution in [0, 0.1) is 6.92 Å². The van der Waals surface area contributed by atoms with Crippen LogP contribution in [-0.4, -0.2) is 34.8 Å². The molecule has 2 aromatic carbocycles. The van der Waals surface area contributed by atoms with E-state index in [-0.39, 0.29) is 18.4 Å². The monoisotopic (exact) mass is 377 g/mol. The van der Waals surface area contributed by atoms with Crippen molar-refractivity contribution in [3.8, 4) is 5.69 Å². The van der Waals surface area contributed by atoms with E-state index in [0.717, 1.165) is 16.9 Å². The van der Waals surface area contributed by atoms with Gasteiger partial charge in [0.25, 0.3) is 5.91 Å². The summed E-state index contributed by atoms with van der Waals surface area (Å²) in [7, 11) is 0. The van der Waals surface area contributed by atoms with E-state index in [4.69, 9.17) is 4.74 Å². The summed E-state index contributed by atoms with van der Waals surface area (Å²) < 4.78 is 6.88. The summed E-state index contributed by atoms with van der Waals surface area (Å²) in [6.07, 6.45) is 1.72. The number of hydrogen-bond donors (Lipinski definition) is 1. The van der Waals surface area contributed by atoms with Crippen molar-refractivity contribution in [2.24, 2.45) is 0 Å². The molecular weight excluding hydrogens is 354 g/mol. The van der Waals surface area contributed by atoms with Gasteiger partial charge < -0.3 is 10.1 Å². The van der Waals surface area contributed by atoms with Gasteiger partial charge in [-0.3, -0.25) is 4.79 Å². The number of aromatic nitrogens is 2. The molecule has 144 valence electrons. The lowest BCUT2D eigenvalue weighted by Gasteiger charge is -2.13. The highest BCUT2D eigenvalue weighted by atomic mass is 16.5. The van der Waals surface area contributed by atoms with Gasteiger partial charge in [0.05, 0.1) is 11.3 Å². The zero-order valence-corrected chi connectivity index (χ0v) is 16.0. The lowest BCUT2D eigenvalue weighted by Crippen LogP contribution is -2.31. The van der Waals surface area contributed by atoms with Gasteiger partial charge in [-0.15, -0.1) is 0 Å². The summed E-state index contributed by atoms with van der Waals surface area (Å²) in [5.41, 5.74) is 3.38. The molecule has 0 saturated carbocycles. The van der Waals surface area contributed by atoms with Crippen molar-refractivity contribution >= 4 is 11.9 Å². The number of carbonyl (C=O) groups is 2. The first-order chi connectivity index (χ1) is 13.5. The summed E-state index contributed by atoms with van der Waals surface area (Å²) in [6, 6.07) is 18.7. The number of aryl methyl sites for hydroxylation is 1. The molecule has 0 aliphatic carbocycles. The Morgan fingerprint density at radius 1 is 1.07 bits per heavy atom. The smallest absolute Gasteiger partial charge is 0.338 e. The quantitative estimate of drug-likeness (QED) is 0.642. The fraction of sp³-hybridized carbons (Fsp3) is 0.227. The maximum atomic E-state index is 12.1. The van der Waals surface area contributed by atoms with Crippen LogP contribution in [0.25, 0.3) is 5.69 Å². The number of rotatable bonds is 7. The van der Waals surface area contributed by atoms with Gasteiger partial charge in [0.2, 0.25) is 0 Å². The lowest BCUT2D eigenvalue weighted by atomic mass is 10.0. The molecule has 28 heavy (non-hydrogen) atoms. The summed E-state index contributed by atoms with van der Waals surface area (Å²) >= 11 is 0. The Morgan fingerprint density at radius 3 is 2.43 bits per heavy atom. The van der Waals surface area contributed by atoms with Crippen molar-refractivity contribution in [1.82, 2.24) is 15.1 Å². The first-order valence-corrected chi connectivity index (χ1v) is 9.14. The minimum absolute atomic E-state index is 0.180. The molecule has 0 aliphatic heterocycles. The standard InChI is InChI=1S/C22H23N3O3/c1-16(18-6-4-3-5-7-18)14-23-21(26)15-28-22(27)19-8-10-20(11-9-19)25-17(2)12-13-24-25/h3-13,16H,14-15H2,1-2H3,(H,23,26)/t16-/m1/s1. The molecule has 6 heteroatoms. The molecule has 1 N–H and O–H groups in total. The number of esters is 1. The van der Waals surface area contributed by atoms with Crippen molar-refractivity contribution in [2.45, 2.75) is 19.8 Å². The van der Waals surface area contributed by atoms with Gasteiger partial charge in [-0.25, -0.2) is 9.48 Å². The molecule has 3 rings (SSSR count). The lowest BCUT2D eigenvalue weighted by molar-refractivity contribution is -0.124. The fourth-order valence-electron chi connectivity index (χ4n) is 2.81. The molecule has 0 unspecified atom stereocenters. The van der Waals surface area contributed by atoms with E-state index in [1.807, 2.05) is 50.2 Å². The molecule has 0 aliphatic rings. The van der Waals surface area contributed by atoms with Gasteiger partial charge in [-0.2, -0.15) is 5.10 Å². The molecule has 1 heterocycles. The molecule has 1 atom stereocenters. The molecule has 0 saturated heterocycles. The maximum absolute atomic E-state index is 12.1. The Labute approximate surface area is 164 Å². The predicted octanol–water partition coefficient (Wildman–Crippen LogP) is 3.26. The highest BCUT2D eigenvalue weighted by Gasteiger charge is 2.12. The number of carbonyl (C=O) groups excluding carboxylic acids is 2. The molecular formula is C22H23N3O3. The Hall–Kier alpha value is -3.41. The summed E-state index contributed by atoms with van der Waals surface area (Å²) in [6.45, 7) is 4.16. The summed E-state index contributed by atoms with van der Waals surface area (Å²) in [5.74, 6) is -0.672. The minimum atomic E-state index is -0.532. The molecule has 0 spiro atoms. The average Bonchev–Trinajstić information content (AvgIpc) is 3.16. The predicted molar refractivity (Wildman–Crippen MR) is 106 cm³/mol.